The van der Waals surface area contributed by atoms with E-state index in [4.69, 9.17) is 0 Å². The fourth-order valence-corrected chi connectivity index (χ4v) is 3.02. The van der Waals surface area contributed by atoms with Crippen LogP contribution in [-0.4, -0.2) is 14.5 Å². The van der Waals surface area contributed by atoms with Gasteiger partial charge in [0.15, 0.2) is 0 Å². The van der Waals surface area contributed by atoms with Crippen molar-refractivity contribution in [3.8, 4) is 0 Å². The summed E-state index contributed by atoms with van der Waals surface area (Å²) in [5, 5.41) is 12.1. The molecule has 1 N–H and O–H groups in total. The highest BCUT2D eigenvalue weighted by Crippen LogP contribution is 2.33. The van der Waals surface area contributed by atoms with Crippen molar-refractivity contribution in [2.75, 3.05) is 0 Å². The Kier molecular flexibility index (Phi) is 3.72. The largest absolute Gasteiger partial charge is 0.358 e. The molecule has 0 atom stereocenters. The molecule has 5 heteroatoms. The normalized spacial score (nSPS) is 12.0. The number of aryl methyl sites for hydroxylation is 2. The van der Waals surface area contributed by atoms with Crippen LogP contribution in [0, 0.1) is 10.1 Å². The number of nitrogens with one attached hydrogen (secondary N) is 1. The summed E-state index contributed by atoms with van der Waals surface area (Å²) in [7, 11) is 0. The molecule has 0 amide bonds. The van der Waals surface area contributed by atoms with Crippen LogP contribution in [-0.2, 0) is 18.4 Å². The van der Waals surface area contributed by atoms with Gasteiger partial charge in [0.1, 0.15) is 0 Å². The summed E-state index contributed by atoms with van der Waals surface area (Å²) in [6.45, 7) is 7.36. The van der Waals surface area contributed by atoms with Gasteiger partial charge in [-0.3, -0.25) is 10.1 Å². The number of hydrogen-bond acceptors (Lipinski definition) is 2. The Morgan fingerprint density at radius 2 is 1.91 bits per heavy atom. The van der Waals surface area contributed by atoms with Gasteiger partial charge in [0.2, 0.25) is 0 Å². The Labute approximate surface area is 135 Å². The molecule has 0 aliphatic carbocycles. The molecule has 0 aliphatic rings. The summed E-state index contributed by atoms with van der Waals surface area (Å²) in [5.41, 5.74) is 3.32. The number of non-ortho nitro benzene ring substituents is 1. The molecule has 0 radical (unpaired) electrons. The lowest BCUT2D eigenvalue weighted by Gasteiger charge is -2.19. The first-order valence-corrected chi connectivity index (χ1v) is 7.76. The van der Waals surface area contributed by atoms with Gasteiger partial charge in [-0.25, -0.2) is 0 Å². The highest BCUT2D eigenvalue weighted by atomic mass is 16.6. The van der Waals surface area contributed by atoms with Crippen LogP contribution in [0.2, 0.25) is 0 Å². The first-order chi connectivity index (χ1) is 10.9. The van der Waals surface area contributed by atoms with E-state index in [-0.39, 0.29) is 16.0 Å². The molecule has 0 aliphatic heterocycles. The predicted molar refractivity (Wildman–Crippen MR) is 91.8 cm³/mol. The maximum atomic E-state index is 11.0. The fraction of sp³-hybridized carbons (Fsp3) is 0.333. The van der Waals surface area contributed by atoms with Crippen LogP contribution < -0.4 is 0 Å². The van der Waals surface area contributed by atoms with E-state index in [9.17, 15) is 10.1 Å². The van der Waals surface area contributed by atoms with Crippen LogP contribution in [0.5, 0.6) is 0 Å². The third kappa shape index (κ3) is 2.99. The van der Waals surface area contributed by atoms with Gasteiger partial charge in [0.25, 0.3) is 5.69 Å². The standard InChI is InChI=1S/C18H21N3O2/c1-18(2,3)17-15(8-11-20-9-4-5-10-20)14-7-6-13(21(22)23)12-16(14)19-17/h4-7,9-10,12,19H,8,11H2,1-3H3. The van der Waals surface area contributed by atoms with Gasteiger partial charge in [-0.15, -0.1) is 0 Å². The lowest BCUT2D eigenvalue weighted by Crippen LogP contribution is -2.15. The minimum atomic E-state index is -0.351. The molecule has 0 saturated carbocycles. The highest BCUT2D eigenvalue weighted by molar-refractivity contribution is 5.87. The van der Waals surface area contributed by atoms with Gasteiger partial charge in [0.05, 0.1) is 10.4 Å². The van der Waals surface area contributed by atoms with Crippen molar-refractivity contribution in [3.05, 3.63) is 64.1 Å². The van der Waals surface area contributed by atoms with E-state index < -0.39 is 0 Å². The number of hydrogen-bond donors (Lipinski definition) is 1. The quantitative estimate of drug-likeness (QED) is 0.572. The second-order valence-corrected chi connectivity index (χ2v) is 6.89. The summed E-state index contributed by atoms with van der Waals surface area (Å²) in [6.07, 6.45) is 4.99. The number of fused-ring (bicyclic) bond motifs is 1. The van der Waals surface area contributed by atoms with Crippen molar-refractivity contribution < 1.29 is 4.92 Å². The molecule has 3 aromatic rings. The summed E-state index contributed by atoms with van der Waals surface area (Å²) >= 11 is 0. The Hall–Kier alpha value is -2.56. The van der Waals surface area contributed by atoms with Crippen LogP contribution in [0.3, 0.4) is 0 Å². The zero-order valence-corrected chi connectivity index (χ0v) is 13.7. The van der Waals surface area contributed by atoms with E-state index in [0.29, 0.717) is 0 Å². The van der Waals surface area contributed by atoms with Crippen molar-refractivity contribution >= 4 is 16.6 Å². The van der Waals surface area contributed by atoms with Crippen molar-refractivity contribution in [3.63, 3.8) is 0 Å². The van der Waals surface area contributed by atoms with Crippen LogP contribution in [0.25, 0.3) is 10.9 Å². The molecule has 23 heavy (non-hydrogen) atoms. The van der Waals surface area contributed by atoms with Crippen molar-refractivity contribution in [2.45, 2.75) is 39.2 Å². The lowest BCUT2D eigenvalue weighted by atomic mass is 9.88. The zero-order valence-electron chi connectivity index (χ0n) is 13.7. The van der Waals surface area contributed by atoms with E-state index in [1.807, 2.05) is 18.2 Å². The molecule has 0 bridgehead atoms. The molecule has 2 heterocycles. The minimum absolute atomic E-state index is 0.0418. The summed E-state index contributed by atoms with van der Waals surface area (Å²) in [6, 6.07) is 9.11. The number of aromatic amines is 1. The van der Waals surface area contributed by atoms with Gasteiger partial charge in [-0.2, -0.15) is 0 Å². The topological polar surface area (TPSA) is 63.9 Å². The fourth-order valence-electron chi connectivity index (χ4n) is 3.02. The third-order valence-electron chi connectivity index (χ3n) is 4.14. The molecule has 5 nitrogen and oxygen atoms in total. The molecule has 1 aromatic carbocycles. The second kappa shape index (κ2) is 5.57. The number of rotatable bonds is 4. The second-order valence-electron chi connectivity index (χ2n) is 6.89. The predicted octanol–water partition coefficient (Wildman–Crippen LogP) is 4.42. The molecular weight excluding hydrogens is 290 g/mol. The number of H-pyrrole nitrogens is 1. The Balaban J connectivity index is 2.06. The molecule has 0 spiro atoms. The number of nitro benzene ring substituents is 1. The first-order valence-electron chi connectivity index (χ1n) is 7.76. The summed E-state index contributed by atoms with van der Waals surface area (Å²) in [4.78, 5) is 14.1. The number of nitro groups is 1. The van der Waals surface area contributed by atoms with Crippen LogP contribution in [0.1, 0.15) is 32.0 Å². The van der Waals surface area contributed by atoms with E-state index in [2.05, 4.69) is 42.7 Å². The van der Waals surface area contributed by atoms with Gasteiger partial charge in [-0.05, 0) is 30.2 Å². The van der Waals surface area contributed by atoms with Crippen molar-refractivity contribution in [1.29, 1.82) is 0 Å². The minimum Gasteiger partial charge on any atom is -0.358 e. The molecule has 0 unspecified atom stereocenters. The third-order valence-corrected chi connectivity index (χ3v) is 4.14. The first kappa shape index (κ1) is 15.3. The van der Waals surface area contributed by atoms with Crippen LogP contribution in [0.15, 0.2) is 42.7 Å². The number of nitrogens with zero attached hydrogens (tertiary/aromatic N) is 2. The average Bonchev–Trinajstić information content (AvgIpc) is 3.11. The van der Waals surface area contributed by atoms with Crippen molar-refractivity contribution in [1.82, 2.24) is 9.55 Å². The lowest BCUT2D eigenvalue weighted by molar-refractivity contribution is -0.384. The molecule has 3 rings (SSSR count). The Bertz CT molecular complexity index is 839. The molecule has 120 valence electrons. The molecule has 0 saturated heterocycles. The molecular formula is C18H21N3O2. The SMILES string of the molecule is CC(C)(C)c1[nH]c2cc([N+](=O)[O-])ccc2c1CCn1cccc1. The van der Waals surface area contributed by atoms with Gasteiger partial charge < -0.3 is 9.55 Å². The van der Waals surface area contributed by atoms with Gasteiger partial charge in [-0.1, -0.05) is 20.8 Å². The van der Waals surface area contributed by atoms with E-state index in [1.54, 1.807) is 12.1 Å². The highest BCUT2D eigenvalue weighted by Gasteiger charge is 2.23. The molecule has 2 aromatic heterocycles. The Morgan fingerprint density at radius 3 is 2.52 bits per heavy atom. The van der Waals surface area contributed by atoms with Crippen LogP contribution >= 0.6 is 0 Å². The number of aromatic nitrogens is 2. The van der Waals surface area contributed by atoms with E-state index in [0.717, 1.165) is 29.6 Å². The zero-order chi connectivity index (χ0) is 16.6. The monoisotopic (exact) mass is 311 g/mol. The Morgan fingerprint density at radius 1 is 1.22 bits per heavy atom. The van der Waals surface area contributed by atoms with E-state index in [1.165, 1.54) is 5.56 Å². The van der Waals surface area contributed by atoms with Crippen molar-refractivity contribution in [2.24, 2.45) is 0 Å². The number of benzene rings is 1. The maximum absolute atomic E-state index is 11.0. The average molecular weight is 311 g/mol. The smallest absolute Gasteiger partial charge is 0.271 e. The summed E-state index contributed by atoms with van der Waals surface area (Å²) < 4.78 is 2.15. The molecule has 0 fully saturated rings. The van der Waals surface area contributed by atoms with Gasteiger partial charge >= 0.3 is 0 Å². The summed E-state index contributed by atoms with van der Waals surface area (Å²) in [5.74, 6) is 0. The van der Waals surface area contributed by atoms with Crippen LogP contribution in [0.4, 0.5) is 5.69 Å². The van der Waals surface area contributed by atoms with E-state index >= 15 is 0 Å². The maximum Gasteiger partial charge on any atom is 0.271 e. The van der Waals surface area contributed by atoms with Gasteiger partial charge in [0, 0.05) is 47.6 Å².